The molecule has 2 aliphatic heterocycles. The van der Waals surface area contributed by atoms with Crippen molar-refractivity contribution in [3.63, 3.8) is 0 Å². The molecule has 5 nitrogen and oxygen atoms in total. The van der Waals surface area contributed by atoms with Crippen molar-refractivity contribution in [2.45, 2.75) is 30.6 Å². The van der Waals surface area contributed by atoms with Gasteiger partial charge in [0.05, 0.1) is 10.6 Å². The van der Waals surface area contributed by atoms with E-state index in [2.05, 4.69) is 10.2 Å². The molecule has 7 heteroatoms. The van der Waals surface area contributed by atoms with Crippen LogP contribution in [0, 0.1) is 0 Å². The second-order valence-corrected chi connectivity index (χ2v) is 9.65. The Kier molecular flexibility index (Phi) is 7.90. The fourth-order valence-electron chi connectivity index (χ4n) is 4.04. The largest absolute Gasteiger partial charge is 0.353 e. The zero-order valence-corrected chi connectivity index (χ0v) is 19.6. The van der Waals surface area contributed by atoms with Gasteiger partial charge in [-0.05, 0) is 61.8 Å². The van der Waals surface area contributed by atoms with Gasteiger partial charge in [-0.15, -0.1) is 0 Å². The number of benzene rings is 2. The molecule has 1 N–H and O–H groups in total. The average molecular weight is 470 g/mol. The van der Waals surface area contributed by atoms with Crippen LogP contribution in [0.5, 0.6) is 0 Å². The molecule has 168 valence electrons. The zero-order chi connectivity index (χ0) is 22.3. The fourth-order valence-corrected chi connectivity index (χ4v) is 5.23. The summed E-state index contributed by atoms with van der Waals surface area (Å²) in [6.45, 7) is 3.67. The van der Waals surface area contributed by atoms with Crippen molar-refractivity contribution in [1.29, 1.82) is 0 Å². The van der Waals surface area contributed by atoms with Crippen LogP contribution in [0.25, 0.3) is 6.08 Å². The number of halogens is 1. The molecule has 0 radical (unpaired) electrons. The number of hydrogen-bond acceptors (Lipinski definition) is 4. The van der Waals surface area contributed by atoms with Crippen molar-refractivity contribution < 1.29 is 9.59 Å². The monoisotopic (exact) mass is 469 g/mol. The molecule has 1 fully saturated rings. The molecule has 2 heterocycles. The highest BCUT2D eigenvalue weighted by Gasteiger charge is 2.30. The van der Waals surface area contributed by atoms with Crippen LogP contribution in [-0.4, -0.2) is 49.4 Å². The summed E-state index contributed by atoms with van der Waals surface area (Å²) in [6, 6.07) is 15.1. The molecule has 0 spiro atoms. The van der Waals surface area contributed by atoms with Gasteiger partial charge in [-0.2, -0.15) is 0 Å². The normalized spacial score (nSPS) is 18.3. The van der Waals surface area contributed by atoms with E-state index in [1.807, 2.05) is 42.5 Å². The SMILES string of the molecule is O=C(CN1C(=O)/C(=C\c2ccc(Cl)cc2)Sc2ccccc21)NCCN1CCCCCC1. The number of anilines is 1. The molecule has 2 aromatic rings. The first-order valence-corrected chi connectivity index (χ1v) is 12.3. The summed E-state index contributed by atoms with van der Waals surface area (Å²) in [5.41, 5.74) is 1.67. The molecule has 0 atom stereocenters. The molecule has 0 aliphatic carbocycles. The van der Waals surface area contributed by atoms with Gasteiger partial charge in [-0.25, -0.2) is 0 Å². The van der Waals surface area contributed by atoms with E-state index in [9.17, 15) is 9.59 Å². The first kappa shape index (κ1) is 22.9. The third kappa shape index (κ3) is 5.94. The van der Waals surface area contributed by atoms with Crippen LogP contribution in [0.2, 0.25) is 5.02 Å². The molecule has 0 aromatic heterocycles. The number of carbonyl (C=O) groups excluding carboxylic acids is 2. The van der Waals surface area contributed by atoms with Gasteiger partial charge in [-0.3, -0.25) is 14.5 Å². The van der Waals surface area contributed by atoms with Gasteiger partial charge in [0, 0.05) is 23.0 Å². The number of fused-ring (bicyclic) bond motifs is 1. The Labute approximate surface area is 198 Å². The lowest BCUT2D eigenvalue weighted by Crippen LogP contribution is -2.44. The molecule has 32 heavy (non-hydrogen) atoms. The van der Waals surface area contributed by atoms with Crippen molar-refractivity contribution in [3.05, 3.63) is 64.0 Å². The molecule has 0 saturated carbocycles. The average Bonchev–Trinajstić information content (AvgIpc) is 3.07. The summed E-state index contributed by atoms with van der Waals surface area (Å²) < 4.78 is 0. The van der Waals surface area contributed by atoms with Gasteiger partial charge in [0.25, 0.3) is 5.91 Å². The van der Waals surface area contributed by atoms with E-state index in [0.29, 0.717) is 16.5 Å². The molecule has 2 aromatic carbocycles. The number of rotatable bonds is 6. The molecule has 2 aliphatic rings. The Hall–Kier alpha value is -2.28. The Morgan fingerprint density at radius 2 is 1.75 bits per heavy atom. The molecule has 1 saturated heterocycles. The summed E-state index contributed by atoms with van der Waals surface area (Å²) in [7, 11) is 0. The Bertz CT molecular complexity index is 985. The van der Waals surface area contributed by atoms with Crippen molar-refractivity contribution in [1.82, 2.24) is 10.2 Å². The van der Waals surface area contributed by atoms with Crippen molar-refractivity contribution >= 4 is 46.9 Å². The van der Waals surface area contributed by atoms with Crippen LogP contribution >= 0.6 is 23.4 Å². The number of carbonyl (C=O) groups is 2. The number of nitrogens with zero attached hydrogens (tertiary/aromatic N) is 2. The van der Waals surface area contributed by atoms with Gasteiger partial charge < -0.3 is 10.2 Å². The van der Waals surface area contributed by atoms with E-state index < -0.39 is 0 Å². The van der Waals surface area contributed by atoms with E-state index >= 15 is 0 Å². The van der Waals surface area contributed by atoms with Crippen molar-refractivity contribution in [2.24, 2.45) is 0 Å². The van der Waals surface area contributed by atoms with Gasteiger partial charge in [0.2, 0.25) is 5.91 Å². The number of likely N-dealkylation sites (tertiary alicyclic amines) is 1. The van der Waals surface area contributed by atoms with E-state index in [1.54, 1.807) is 17.0 Å². The van der Waals surface area contributed by atoms with Gasteiger partial charge in [-0.1, -0.05) is 60.5 Å². The van der Waals surface area contributed by atoms with Gasteiger partial charge in [0.15, 0.2) is 0 Å². The minimum atomic E-state index is -0.161. The molecule has 4 rings (SSSR count). The molecule has 0 unspecified atom stereocenters. The van der Waals surface area contributed by atoms with Crippen molar-refractivity contribution in [3.8, 4) is 0 Å². The molecular formula is C25H28ClN3O2S. The Morgan fingerprint density at radius 1 is 1.03 bits per heavy atom. The predicted octanol–water partition coefficient (Wildman–Crippen LogP) is 4.81. The van der Waals surface area contributed by atoms with E-state index in [-0.39, 0.29) is 18.4 Å². The van der Waals surface area contributed by atoms with Crippen LogP contribution in [0.1, 0.15) is 31.2 Å². The zero-order valence-electron chi connectivity index (χ0n) is 18.1. The fraction of sp³-hybridized carbons (Fsp3) is 0.360. The van der Waals surface area contributed by atoms with E-state index in [4.69, 9.17) is 11.6 Å². The number of amides is 2. The summed E-state index contributed by atoms with van der Waals surface area (Å²) in [5.74, 6) is -0.299. The van der Waals surface area contributed by atoms with Crippen molar-refractivity contribution in [2.75, 3.05) is 37.6 Å². The first-order chi connectivity index (χ1) is 15.6. The van der Waals surface area contributed by atoms with Crippen LogP contribution in [-0.2, 0) is 9.59 Å². The summed E-state index contributed by atoms with van der Waals surface area (Å²) in [5, 5.41) is 3.66. The standard InChI is InChI=1S/C25H28ClN3O2S/c26-20-11-9-19(10-12-20)17-23-25(31)29(21-7-3-4-8-22(21)32-23)18-24(30)27-13-16-28-14-5-1-2-6-15-28/h3-4,7-12,17H,1-2,5-6,13-16,18H2,(H,27,30)/b23-17+. The number of para-hydroxylation sites is 1. The molecular weight excluding hydrogens is 442 g/mol. The van der Waals surface area contributed by atoms with Gasteiger partial charge >= 0.3 is 0 Å². The highest BCUT2D eigenvalue weighted by Crippen LogP contribution is 2.41. The lowest BCUT2D eigenvalue weighted by molar-refractivity contribution is -0.122. The van der Waals surface area contributed by atoms with Crippen LogP contribution in [0.3, 0.4) is 0 Å². The van der Waals surface area contributed by atoms with Crippen LogP contribution in [0.15, 0.2) is 58.3 Å². The highest BCUT2D eigenvalue weighted by molar-refractivity contribution is 8.04. The second kappa shape index (κ2) is 11.0. The topological polar surface area (TPSA) is 52.7 Å². The number of nitrogens with one attached hydrogen (secondary N) is 1. The second-order valence-electron chi connectivity index (χ2n) is 8.13. The smallest absolute Gasteiger partial charge is 0.265 e. The lowest BCUT2D eigenvalue weighted by atomic mass is 10.2. The summed E-state index contributed by atoms with van der Waals surface area (Å²) in [6.07, 6.45) is 6.90. The summed E-state index contributed by atoms with van der Waals surface area (Å²) >= 11 is 7.41. The third-order valence-electron chi connectivity index (χ3n) is 5.75. The number of thioether (sulfide) groups is 1. The molecule has 0 bridgehead atoms. The first-order valence-electron chi connectivity index (χ1n) is 11.2. The minimum Gasteiger partial charge on any atom is -0.353 e. The maximum atomic E-state index is 13.3. The maximum Gasteiger partial charge on any atom is 0.265 e. The third-order valence-corrected chi connectivity index (χ3v) is 7.08. The highest BCUT2D eigenvalue weighted by atomic mass is 35.5. The van der Waals surface area contributed by atoms with E-state index in [1.165, 1.54) is 37.4 Å². The van der Waals surface area contributed by atoms with E-state index in [0.717, 1.165) is 35.8 Å². The lowest BCUT2D eigenvalue weighted by Gasteiger charge is -2.30. The van der Waals surface area contributed by atoms with Crippen LogP contribution < -0.4 is 10.2 Å². The minimum absolute atomic E-state index is 0.00830. The summed E-state index contributed by atoms with van der Waals surface area (Å²) in [4.78, 5) is 31.5. The number of hydrogen-bond donors (Lipinski definition) is 1. The Balaban J connectivity index is 1.43. The quantitative estimate of drug-likeness (QED) is 0.617. The molecule has 2 amide bonds. The van der Waals surface area contributed by atoms with Crippen LogP contribution in [0.4, 0.5) is 5.69 Å². The predicted molar refractivity (Wildman–Crippen MR) is 132 cm³/mol. The Morgan fingerprint density at radius 3 is 2.50 bits per heavy atom. The van der Waals surface area contributed by atoms with Gasteiger partial charge in [0.1, 0.15) is 6.54 Å². The maximum absolute atomic E-state index is 13.3.